The van der Waals surface area contributed by atoms with Crippen LogP contribution in [-0.4, -0.2) is 12.6 Å². The lowest BCUT2D eigenvalue weighted by atomic mass is 9.87. The minimum absolute atomic E-state index is 0. The molecule has 2 nitrogen and oxygen atoms in total. The molecule has 1 atom stereocenters. The Kier molecular flexibility index (Phi) is 2.89. The molecule has 0 fully saturated rings. The van der Waals surface area contributed by atoms with Gasteiger partial charge in [-0.3, -0.25) is 0 Å². The third-order valence-corrected chi connectivity index (χ3v) is 3.28. The van der Waals surface area contributed by atoms with Crippen LogP contribution in [0.2, 0.25) is 0 Å². The van der Waals surface area contributed by atoms with Crippen molar-refractivity contribution in [3.63, 3.8) is 0 Å². The summed E-state index contributed by atoms with van der Waals surface area (Å²) in [4.78, 5) is 0. The zero-order valence-corrected chi connectivity index (χ0v) is 9.48. The SMILES string of the molecule is Cl.NC1CCc2cc3c(cc2C1)CCO3. The number of aryl methyl sites for hydroxylation is 1. The molecule has 1 aromatic carbocycles. The van der Waals surface area contributed by atoms with Crippen molar-refractivity contribution in [2.24, 2.45) is 5.73 Å². The fraction of sp³-hybridized carbons (Fsp3) is 0.500. The second-order valence-corrected chi connectivity index (χ2v) is 4.33. The van der Waals surface area contributed by atoms with Gasteiger partial charge in [0, 0.05) is 12.5 Å². The van der Waals surface area contributed by atoms with Crippen molar-refractivity contribution >= 4 is 12.4 Å². The first-order valence-corrected chi connectivity index (χ1v) is 5.36. The molecule has 15 heavy (non-hydrogen) atoms. The summed E-state index contributed by atoms with van der Waals surface area (Å²) >= 11 is 0. The molecule has 2 N–H and O–H groups in total. The summed E-state index contributed by atoms with van der Waals surface area (Å²) in [5.41, 5.74) is 10.2. The normalized spacial score (nSPS) is 22.3. The molecule has 1 aliphatic carbocycles. The van der Waals surface area contributed by atoms with Gasteiger partial charge in [-0.2, -0.15) is 0 Å². The molecule has 0 saturated heterocycles. The maximum Gasteiger partial charge on any atom is 0.122 e. The van der Waals surface area contributed by atoms with Crippen molar-refractivity contribution in [2.45, 2.75) is 31.7 Å². The van der Waals surface area contributed by atoms with Gasteiger partial charge < -0.3 is 10.5 Å². The van der Waals surface area contributed by atoms with Gasteiger partial charge in [-0.15, -0.1) is 12.4 Å². The fourth-order valence-electron chi connectivity index (χ4n) is 2.47. The molecular formula is C12H16ClNO. The molecule has 0 saturated carbocycles. The molecular weight excluding hydrogens is 210 g/mol. The minimum atomic E-state index is 0. The summed E-state index contributed by atoms with van der Waals surface area (Å²) in [6, 6.07) is 4.89. The first kappa shape index (κ1) is 10.8. The van der Waals surface area contributed by atoms with E-state index in [1.54, 1.807) is 0 Å². The van der Waals surface area contributed by atoms with Gasteiger partial charge >= 0.3 is 0 Å². The molecule has 1 aromatic rings. The van der Waals surface area contributed by atoms with E-state index >= 15 is 0 Å². The minimum Gasteiger partial charge on any atom is -0.493 e. The first-order chi connectivity index (χ1) is 6.83. The highest BCUT2D eigenvalue weighted by atomic mass is 35.5. The zero-order chi connectivity index (χ0) is 9.54. The molecule has 0 spiro atoms. The summed E-state index contributed by atoms with van der Waals surface area (Å²) in [6.45, 7) is 0.851. The summed E-state index contributed by atoms with van der Waals surface area (Å²) in [5, 5.41) is 0. The van der Waals surface area contributed by atoms with Gasteiger partial charge in [0.1, 0.15) is 5.75 Å². The van der Waals surface area contributed by atoms with Gasteiger partial charge in [-0.25, -0.2) is 0 Å². The van der Waals surface area contributed by atoms with Crippen LogP contribution >= 0.6 is 12.4 Å². The number of nitrogens with two attached hydrogens (primary N) is 1. The Morgan fingerprint density at radius 1 is 1.13 bits per heavy atom. The van der Waals surface area contributed by atoms with Crippen molar-refractivity contribution in [3.05, 3.63) is 28.8 Å². The molecule has 0 radical (unpaired) electrons. The van der Waals surface area contributed by atoms with Crippen LogP contribution in [0.25, 0.3) is 0 Å². The second kappa shape index (κ2) is 4.03. The van der Waals surface area contributed by atoms with Crippen LogP contribution in [0.3, 0.4) is 0 Å². The Morgan fingerprint density at radius 2 is 2.00 bits per heavy atom. The molecule has 82 valence electrons. The van der Waals surface area contributed by atoms with Crippen LogP contribution in [0.15, 0.2) is 12.1 Å². The number of fused-ring (bicyclic) bond motifs is 2. The molecule has 3 rings (SSSR count). The van der Waals surface area contributed by atoms with E-state index in [0.29, 0.717) is 6.04 Å². The van der Waals surface area contributed by atoms with Crippen molar-refractivity contribution in [1.29, 1.82) is 0 Å². The number of benzene rings is 1. The van der Waals surface area contributed by atoms with E-state index < -0.39 is 0 Å². The van der Waals surface area contributed by atoms with Crippen LogP contribution in [-0.2, 0) is 19.3 Å². The quantitative estimate of drug-likeness (QED) is 0.732. The highest BCUT2D eigenvalue weighted by Gasteiger charge is 2.20. The van der Waals surface area contributed by atoms with Gasteiger partial charge in [0.25, 0.3) is 0 Å². The van der Waals surface area contributed by atoms with E-state index in [1.165, 1.54) is 16.7 Å². The van der Waals surface area contributed by atoms with Crippen LogP contribution in [0.4, 0.5) is 0 Å². The average molecular weight is 226 g/mol. The summed E-state index contributed by atoms with van der Waals surface area (Å²) < 4.78 is 5.56. The number of rotatable bonds is 0. The van der Waals surface area contributed by atoms with Gasteiger partial charge in [-0.05, 0) is 42.0 Å². The van der Waals surface area contributed by atoms with Crippen molar-refractivity contribution in [3.8, 4) is 5.75 Å². The summed E-state index contributed by atoms with van der Waals surface area (Å²) in [6.07, 6.45) is 4.35. The maximum absolute atomic E-state index is 5.96. The van der Waals surface area contributed by atoms with Gasteiger partial charge in [0.15, 0.2) is 0 Å². The molecule has 3 heteroatoms. The Morgan fingerprint density at radius 3 is 2.87 bits per heavy atom. The third kappa shape index (κ3) is 1.84. The topological polar surface area (TPSA) is 35.2 Å². The lowest BCUT2D eigenvalue weighted by Crippen LogP contribution is -2.27. The van der Waals surface area contributed by atoms with E-state index in [0.717, 1.165) is 38.0 Å². The third-order valence-electron chi connectivity index (χ3n) is 3.28. The molecule has 1 heterocycles. The lowest BCUT2D eigenvalue weighted by molar-refractivity contribution is 0.356. The molecule has 0 aromatic heterocycles. The first-order valence-electron chi connectivity index (χ1n) is 5.36. The van der Waals surface area contributed by atoms with Crippen LogP contribution in [0.1, 0.15) is 23.1 Å². The molecule has 0 bridgehead atoms. The van der Waals surface area contributed by atoms with E-state index in [4.69, 9.17) is 10.5 Å². The van der Waals surface area contributed by atoms with Gasteiger partial charge in [0.05, 0.1) is 6.61 Å². The van der Waals surface area contributed by atoms with Crippen LogP contribution in [0, 0.1) is 0 Å². The lowest BCUT2D eigenvalue weighted by Gasteiger charge is -2.22. The summed E-state index contributed by atoms with van der Waals surface area (Å²) in [7, 11) is 0. The predicted molar refractivity (Wildman–Crippen MR) is 62.9 cm³/mol. The second-order valence-electron chi connectivity index (χ2n) is 4.33. The molecule has 1 aliphatic heterocycles. The summed E-state index contributed by atoms with van der Waals surface area (Å²) in [5.74, 6) is 1.11. The Balaban J connectivity index is 0.000000853. The van der Waals surface area contributed by atoms with E-state index in [2.05, 4.69) is 12.1 Å². The standard InChI is InChI=1S/C12H15NO.ClH/c13-11-2-1-8-7-12-9(3-4-14-12)5-10(8)6-11;/h5,7,11H,1-4,6,13H2;1H. The zero-order valence-electron chi connectivity index (χ0n) is 8.66. The van der Waals surface area contributed by atoms with E-state index in [9.17, 15) is 0 Å². The maximum atomic E-state index is 5.96. The van der Waals surface area contributed by atoms with Gasteiger partial charge in [-0.1, -0.05) is 6.07 Å². The van der Waals surface area contributed by atoms with Crippen LogP contribution in [0.5, 0.6) is 5.75 Å². The number of hydrogen-bond donors (Lipinski definition) is 1. The Hall–Kier alpha value is -0.730. The van der Waals surface area contributed by atoms with E-state index in [1.807, 2.05) is 0 Å². The van der Waals surface area contributed by atoms with Crippen molar-refractivity contribution in [1.82, 2.24) is 0 Å². The number of ether oxygens (including phenoxy) is 1. The average Bonchev–Trinajstić information content (AvgIpc) is 2.61. The monoisotopic (exact) mass is 225 g/mol. The fourth-order valence-corrected chi connectivity index (χ4v) is 2.47. The smallest absolute Gasteiger partial charge is 0.122 e. The Bertz CT molecular complexity index is 378. The number of halogens is 1. The predicted octanol–water partition coefficient (Wildman–Crippen LogP) is 1.86. The highest BCUT2D eigenvalue weighted by Crippen LogP contribution is 2.32. The van der Waals surface area contributed by atoms with Crippen LogP contribution < -0.4 is 10.5 Å². The van der Waals surface area contributed by atoms with Crippen molar-refractivity contribution < 1.29 is 4.74 Å². The number of hydrogen-bond acceptors (Lipinski definition) is 2. The molecule has 0 amide bonds. The van der Waals surface area contributed by atoms with Gasteiger partial charge in [0.2, 0.25) is 0 Å². The molecule has 2 aliphatic rings. The largest absolute Gasteiger partial charge is 0.493 e. The highest BCUT2D eigenvalue weighted by molar-refractivity contribution is 5.85. The van der Waals surface area contributed by atoms with E-state index in [-0.39, 0.29) is 12.4 Å². The molecule has 1 unspecified atom stereocenters. The van der Waals surface area contributed by atoms with Crippen molar-refractivity contribution in [2.75, 3.05) is 6.61 Å². The Labute approximate surface area is 96.2 Å².